The molecule has 0 saturated carbocycles. The summed E-state index contributed by atoms with van der Waals surface area (Å²) in [6, 6.07) is 7.88. The minimum atomic E-state index is -0.0760. The van der Waals surface area contributed by atoms with Gasteiger partial charge in [0.25, 0.3) is 0 Å². The molecule has 0 aliphatic carbocycles. The molecule has 0 spiro atoms. The maximum atomic E-state index is 11.8. The summed E-state index contributed by atoms with van der Waals surface area (Å²) in [6.07, 6.45) is 0. The van der Waals surface area contributed by atoms with Crippen LogP contribution in [0.25, 0.3) is 0 Å². The van der Waals surface area contributed by atoms with Gasteiger partial charge in [0.15, 0.2) is 5.96 Å². The van der Waals surface area contributed by atoms with Gasteiger partial charge in [-0.15, -0.1) is 24.0 Å². The second-order valence-corrected chi connectivity index (χ2v) is 6.08. The Bertz CT molecular complexity index is 594. The number of nitrogens with zero attached hydrogens (tertiary/aromatic N) is 3. The first-order valence-electron chi connectivity index (χ1n) is 8.36. The van der Waals surface area contributed by atoms with Crippen LogP contribution in [-0.2, 0) is 9.53 Å². The molecule has 146 valence electrons. The van der Waals surface area contributed by atoms with Gasteiger partial charge in [0, 0.05) is 46.9 Å². The van der Waals surface area contributed by atoms with Crippen LogP contribution in [0.3, 0.4) is 0 Å². The van der Waals surface area contributed by atoms with Gasteiger partial charge in [0.2, 0.25) is 5.91 Å². The third-order valence-corrected chi connectivity index (χ3v) is 4.34. The number of anilines is 1. The van der Waals surface area contributed by atoms with Crippen LogP contribution in [0.1, 0.15) is 0 Å². The van der Waals surface area contributed by atoms with Crippen molar-refractivity contribution in [1.82, 2.24) is 15.5 Å². The van der Waals surface area contributed by atoms with E-state index >= 15 is 0 Å². The molecule has 0 aromatic heterocycles. The third kappa shape index (κ3) is 6.81. The molecule has 0 bridgehead atoms. The lowest BCUT2D eigenvalue weighted by Crippen LogP contribution is -2.53. The largest absolute Gasteiger partial charge is 0.383 e. The highest BCUT2D eigenvalue weighted by atomic mass is 127. The van der Waals surface area contributed by atoms with Gasteiger partial charge in [-0.25, -0.2) is 0 Å². The minimum Gasteiger partial charge on any atom is -0.383 e. The molecule has 1 aliphatic rings. The summed E-state index contributed by atoms with van der Waals surface area (Å²) in [5.41, 5.74) is 1.06. The summed E-state index contributed by atoms with van der Waals surface area (Å²) in [5, 5.41) is 6.66. The molecule has 0 atom stereocenters. The number of halogens is 2. The number of hydrogen-bond donors (Lipinski definition) is 2. The molecule has 7 nitrogen and oxygen atoms in total. The number of aliphatic imine (C=N–C) groups is 1. The lowest BCUT2D eigenvalue weighted by Gasteiger charge is -2.38. The summed E-state index contributed by atoms with van der Waals surface area (Å²) in [6.45, 7) is 4.54. The van der Waals surface area contributed by atoms with E-state index in [9.17, 15) is 4.79 Å². The average molecular weight is 496 g/mol. The van der Waals surface area contributed by atoms with Crippen LogP contribution >= 0.6 is 35.6 Å². The summed E-state index contributed by atoms with van der Waals surface area (Å²) >= 11 is 6.28. The van der Waals surface area contributed by atoms with Gasteiger partial charge < -0.3 is 25.2 Å². The fourth-order valence-corrected chi connectivity index (χ4v) is 2.97. The number of rotatable bonds is 6. The molecular formula is C17H27ClIN5O2. The number of ether oxygens (including phenoxy) is 1. The van der Waals surface area contributed by atoms with E-state index in [0.29, 0.717) is 13.2 Å². The van der Waals surface area contributed by atoms with Gasteiger partial charge in [0.05, 0.1) is 23.9 Å². The van der Waals surface area contributed by atoms with Crippen LogP contribution in [0.4, 0.5) is 5.69 Å². The second kappa shape index (κ2) is 12.2. The Hall–Kier alpha value is -1.26. The third-order valence-electron chi connectivity index (χ3n) is 4.02. The first kappa shape index (κ1) is 22.8. The standard InChI is InChI=1S/C17H26ClN5O2.HI/c1-19-17(21-13-16(24)20-7-12-25-2)23-10-8-22(9-11-23)15-6-4-3-5-14(15)18;/h3-6H,7-13H2,1-2H3,(H,19,21)(H,20,24);1H. The summed E-state index contributed by atoms with van der Waals surface area (Å²) in [7, 11) is 3.33. The maximum Gasteiger partial charge on any atom is 0.239 e. The Balaban J connectivity index is 0.00000338. The van der Waals surface area contributed by atoms with E-state index in [1.54, 1.807) is 14.2 Å². The van der Waals surface area contributed by atoms with Crippen LogP contribution < -0.4 is 15.5 Å². The molecule has 2 rings (SSSR count). The van der Waals surface area contributed by atoms with E-state index < -0.39 is 0 Å². The number of carbonyl (C=O) groups is 1. The molecule has 9 heteroatoms. The predicted octanol–water partition coefficient (Wildman–Crippen LogP) is 1.42. The molecule has 0 unspecified atom stereocenters. The molecule has 1 aromatic carbocycles. The van der Waals surface area contributed by atoms with E-state index in [4.69, 9.17) is 16.3 Å². The summed E-state index contributed by atoms with van der Waals surface area (Å²) in [5.74, 6) is 0.661. The molecule has 1 saturated heterocycles. The van der Waals surface area contributed by atoms with Crippen LogP contribution in [0, 0.1) is 0 Å². The number of piperazine rings is 1. The predicted molar refractivity (Wildman–Crippen MR) is 117 cm³/mol. The lowest BCUT2D eigenvalue weighted by molar-refractivity contribution is -0.120. The summed E-state index contributed by atoms with van der Waals surface area (Å²) in [4.78, 5) is 20.5. The SMILES string of the molecule is CN=C(NCC(=O)NCCOC)N1CCN(c2ccccc2Cl)CC1.I. The minimum absolute atomic E-state index is 0. The molecule has 1 fully saturated rings. The van der Waals surface area contributed by atoms with Crippen molar-refractivity contribution < 1.29 is 9.53 Å². The zero-order valence-electron chi connectivity index (χ0n) is 15.2. The van der Waals surface area contributed by atoms with E-state index in [1.165, 1.54) is 0 Å². The number of benzene rings is 1. The van der Waals surface area contributed by atoms with Gasteiger partial charge >= 0.3 is 0 Å². The van der Waals surface area contributed by atoms with Gasteiger partial charge in [0.1, 0.15) is 0 Å². The number of amides is 1. The number of para-hydroxylation sites is 1. The van der Waals surface area contributed by atoms with Crippen LogP contribution in [0.2, 0.25) is 5.02 Å². The molecule has 1 aliphatic heterocycles. The number of hydrogen-bond acceptors (Lipinski definition) is 4. The van der Waals surface area contributed by atoms with Crippen molar-refractivity contribution in [2.24, 2.45) is 4.99 Å². The Labute approximate surface area is 177 Å². The highest BCUT2D eigenvalue weighted by Gasteiger charge is 2.21. The smallest absolute Gasteiger partial charge is 0.239 e. The number of nitrogens with one attached hydrogen (secondary N) is 2. The second-order valence-electron chi connectivity index (χ2n) is 5.67. The maximum absolute atomic E-state index is 11.8. The number of guanidine groups is 1. The van der Waals surface area contributed by atoms with Gasteiger partial charge in [-0.1, -0.05) is 23.7 Å². The molecular weight excluding hydrogens is 469 g/mol. The Morgan fingerprint density at radius 3 is 2.54 bits per heavy atom. The van der Waals surface area contributed by atoms with Crippen LogP contribution in [-0.4, -0.2) is 76.8 Å². The molecule has 1 heterocycles. The van der Waals surface area contributed by atoms with Gasteiger partial charge in [-0.05, 0) is 12.1 Å². The average Bonchev–Trinajstić information content (AvgIpc) is 2.63. The zero-order valence-corrected chi connectivity index (χ0v) is 18.3. The highest BCUT2D eigenvalue weighted by molar-refractivity contribution is 14.0. The summed E-state index contributed by atoms with van der Waals surface area (Å²) < 4.78 is 4.91. The Kier molecular flexibility index (Phi) is 10.7. The molecule has 1 amide bonds. The van der Waals surface area contributed by atoms with E-state index in [1.807, 2.05) is 24.3 Å². The fourth-order valence-electron chi connectivity index (χ4n) is 2.71. The number of methoxy groups -OCH3 is 1. The lowest BCUT2D eigenvalue weighted by atomic mass is 10.2. The van der Waals surface area contributed by atoms with Crippen molar-refractivity contribution in [3.05, 3.63) is 29.3 Å². The molecule has 26 heavy (non-hydrogen) atoms. The van der Waals surface area contributed by atoms with Crippen molar-refractivity contribution in [1.29, 1.82) is 0 Å². The van der Waals surface area contributed by atoms with E-state index in [2.05, 4.69) is 25.4 Å². The van der Waals surface area contributed by atoms with Crippen LogP contribution in [0.5, 0.6) is 0 Å². The van der Waals surface area contributed by atoms with Crippen molar-refractivity contribution >= 4 is 53.1 Å². The first-order valence-corrected chi connectivity index (χ1v) is 8.74. The highest BCUT2D eigenvalue weighted by Crippen LogP contribution is 2.25. The van der Waals surface area contributed by atoms with Crippen LogP contribution in [0.15, 0.2) is 29.3 Å². The Morgan fingerprint density at radius 1 is 1.23 bits per heavy atom. The number of carbonyl (C=O) groups excluding carboxylic acids is 1. The quantitative estimate of drug-likeness (QED) is 0.270. The molecule has 1 aromatic rings. The monoisotopic (exact) mass is 495 g/mol. The first-order chi connectivity index (χ1) is 12.2. The molecule has 0 radical (unpaired) electrons. The van der Waals surface area contributed by atoms with Crippen molar-refractivity contribution in [3.63, 3.8) is 0 Å². The fraction of sp³-hybridized carbons (Fsp3) is 0.529. The molecule has 2 N–H and O–H groups in total. The van der Waals surface area contributed by atoms with Crippen molar-refractivity contribution in [2.45, 2.75) is 0 Å². The van der Waals surface area contributed by atoms with Gasteiger partial charge in [-0.2, -0.15) is 0 Å². The topological polar surface area (TPSA) is 69.2 Å². The van der Waals surface area contributed by atoms with E-state index in [-0.39, 0.29) is 36.4 Å². The van der Waals surface area contributed by atoms with Crippen molar-refractivity contribution in [2.75, 3.05) is 64.9 Å². The normalized spacial score (nSPS) is 14.7. The Morgan fingerprint density at radius 2 is 1.92 bits per heavy atom. The van der Waals surface area contributed by atoms with Gasteiger partial charge in [-0.3, -0.25) is 9.79 Å². The van der Waals surface area contributed by atoms with Crippen molar-refractivity contribution in [3.8, 4) is 0 Å². The zero-order chi connectivity index (χ0) is 18.1. The van der Waals surface area contributed by atoms with E-state index in [0.717, 1.165) is 42.8 Å².